The van der Waals surface area contributed by atoms with Crippen molar-refractivity contribution < 1.29 is 23.4 Å². The fraction of sp³-hybridized carbons (Fsp3) is 0.316. The van der Waals surface area contributed by atoms with Crippen molar-refractivity contribution in [2.45, 2.75) is 26.4 Å². The summed E-state index contributed by atoms with van der Waals surface area (Å²) in [6.45, 7) is 2.38. The van der Waals surface area contributed by atoms with Gasteiger partial charge in [-0.05, 0) is 48.7 Å². The number of carbonyl (C=O) groups is 1. The number of aryl methyl sites for hydroxylation is 1. The van der Waals surface area contributed by atoms with E-state index >= 15 is 0 Å². The number of rotatable bonds is 8. The highest BCUT2D eigenvalue weighted by Crippen LogP contribution is 2.21. The van der Waals surface area contributed by atoms with Crippen LogP contribution in [0.15, 0.2) is 42.5 Å². The van der Waals surface area contributed by atoms with Crippen LogP contribution in [0.5, 0.6) is 11.5 Å². The molecule has 0 heterocycles. The zero-order valence-corrected chi connectivity index (χ0v) is 13.9. The molecule has 0 aliphatic carbocycles. The van der Waals surface area contributed by atoms with Gasteiger partial charge in [0.05, 0.1) is 13.7 Å². The van der Waals surface area contributed by atoms with Crippen LogP contribution in [0.2, 0.25) is 0 Å². The summed E-state index contributed by atoms with van der Waals surface area (Å²) in [5.41, 5.74) is 1.74. The van der Waals surface area contributed by atoms with Gasteiger partial charge in [-0.1, -0.05) is 18.2 Å². The van der Waals surface area contributed by atoms with Gasteiger partial charge < -0.3 is 14.2 Å². The van der Waals surface area contributed by atoms with Crippen LogP contribution in [0, 0.1) is 5.82 Å². The zero-order chi connectivity index (χ0) is 17.4. The van der Waals surface area contributed by atoms with Gasteiger partial charge in [0, 0.05) is 6.42 Å². The Bertz CT molecular complexity index is 668. The molecule has 2 rings (SSSR count). The van der Waals surface area contributed by atoms with Gasteiger partial charge in [-0.25, -0.2) is 4.39 Å². The molecule has 0 saturated carbocycles. The van der Waals surface area contributed by atoms with Crippen molar-refractivity contribution in [3.63, 3.8) is 0 Å². The molecule has 0 aromatic heterocycles. The van der Waals surface area contributed by atoms with Crippen LogP contribution in [0.3, 0.4) is 0 Å². The molecule has 0 spiro atoms. The third kappa shape index (κ3) is 5.26. The van der Waals surface area contributed by atoms with Crippen LogP contribution in [-0.2, 0) is 22.6 Å². The Labute approximate surface area is 141 Å². The molecule has 0 aliphatic heterocycles. The van der Waals surface area contributed by atoms with Crippen LogP contribution in [0.1, 0.15) is 24.5 Å². The molecule has 5 heteroatoms. The van der Waals surface area contributed by atoms with Gasteiger partial charge >= 0.3 is 5.97 Å². The van der Waals surface area contributed by atoms with E-state index in [1.165, 1.54) is 6.07 Å². The highest BCUT2D eigenvalue weighted by Gasteiger charge is 2.08. The first-order chi connectivity index (χ1) is 11.6. The van der Waals surface area contributed by atoms with Crippen LogP contribution < -0.4 is 9.47 Å². The summed E-state index contributed by atoms with van der Waals surface area (Å²) in [4.78, 5) is 11.4. The summed E-state index contributed by atoms with van der Waals surface area (Å²) in [6, 6.07) is 12.0. The number of esters is 1. The molecule has 2 aromatic carbocycles. The predicted octanol–water partition coefficient (Wildman–Crippen LogP) is 3.91. The minimum atomic E-state index is -0.427. The van der Waals surface area contributed by atoms with E-state index in [1.54, 1.807) is 26.2 Å². The maximum atomic E-state index is 13.9. The second-order valence-corrected chi connectivity index (χ2v) is 5.21. The van der Waals surface area contributed by atoms with Gasteiger partial charge in [0.2, 0.25) is 0 Å². The van der Waals surface area contributed by atoms with Gasteiger partial charge in [0.1, 0.15) is 12.4 Å². The van der Waals surface area contributed by atoms with Gasteiger partial charge in [0.25, 0.3) is 0 Å². The highest BCUT2D eigenvalue weighted by atomic mass is 19.1. The molecule has 24 heavy (non-hydrogen) atoms. The van der Waals surface area contributed by atoms with Gasteiger partial charge in [-0.15, -0.1) is 0 Å². The molecule has 2 aromatic rings. The fourth-order valence-corrected chi connectivity index (χ4v) is 2.18. The van der Waals surface area contributed by atoms with E-state index in [9.17, 15) is 9.18 Å². The molecule has 0 unspecified atom stereocenters. The molecule has 0 amide bonds. The second kappa shape index (κ2) is 8.91. The Morgan fingerprint density at radius 3 is 2.46 bits per heavy atom. The van der Waals surface area contributed by atoms with Crippen LogP contribution in [0.25, 0.3) is 0 Å². The van der Waals surface area contributed by atoms with Crippen molar-refractivity contribution in [1.29, 1.82) is 0 Å². The standard InChI is InChI=1S/C19H21FO4/c1-3-23-19(21)11-7-14-6-10-17(20)18(12-14)24-13-15-4-8-16(22-2)9-5-15/h4-6,8-10,12H,3,7,11,13H2,1-2H3. The lowest BCUT2D eigenvalue weighted by Gasteiger charge is -2.10. The SMILES string of the molecule is CCOC(=O)CCc1ccc(F)c(OCc2ccc(OC)cc2)c1. The number of ether oxygens (including phenoxy) is 3. The van der Waals surface area contributed by atoms with Crippen molar-refractivity contribution in [3.05, 3.63) is 59.4 Å². The van der Waals surface area contributed by atoms with E-state index in [0.29, 0.717) is 13.0 Å². The Morgan fingerprint density at radius 2 is 1.79 bits per heavy atom. The Balaban J connectivity index is 1.96. The molecule has 0 N–H and O–H groups in total. The molecular weight excluding hydrogens is 311 g/mol. The molecule has 0 bridgehead atoms. The first-order valence-electron chi connectivity index (χ1n) is 7.82. The van der Waals surface area contributed by atoms with Crippen molar-refractivity contribution in [2.75, 3.05) is 13.7 Å². The summed E-state index contributed by atoms with van der Waals surface area (Å²) in [5.74, 6) is 0.240. The first kappa shape index (κ1) is 17.8. The van der Waals surface area contributed by atoms with E-state index in [0.717, 1.165) is 16.9 Å². The number of hydrogen-bond donors (Lipinski definition) is 0. The van der Waals surface area contributed by atoms with Gasteiger partial charge in [0.15, 0.2) is 11.6 Å². The maximum Gasteiger partial charge on any atom is 0.306 e. The van der Waals surface area contributed by atoms with Crippen molar-refractivity contribution in [1.82, 2.24) is 0 Å². The molecule has 4 nitrogen and oxygen atoms in total. The van der Waals surface area contributed by atoms with Crippen LogP contribution >= 0.6 is 0 Å². The maximum absolute atomic E-state index is 13.9. The number of benzene rings is 2. The topological polar surface area (TPSA) is 44.8 Å². The van der Waals surface area contributed by atoms with E-state index in [1.807, 2.05) is 24.3 Å². The minimum absolute atomic E-state index is 0.173. The zero-order valence-electron chi connectivity index (χ0n) is 13.9. The summed E-state index contributed by atoms with van der Waals surface area (Å²) >= 11 is 0. The average Bonchev–Trinajstić information content (AvgIpc) is 2.60. The number of hydrogen-bond acceptors (Lipinski definition) is 4. The summed E-state index contributed by atoms with van der Waals surface area (Å²) < 4.78 is 29.4. The molecule has 0 aliphatic rings. The number of halogens is 1. The lowest BCUT2D eigenvalue weighted by molar-refractivity contribution is -0.143. The quantitative estimate of drug-likeness (QED) is 0.688. The predicted molar refractivity (Wildman–Crippen MR) is 88.7 cm³/mol. The van der Waals surface area contributed by atoms with E-state index in [4.69, 9.17) is 14.2 Å². The normalized spacial score (nSPS) is 10.3. The molecule has 0 radical (unpaired) electrons. The van der Waals surface area contributed by atoms with Crippen molar-refractivity contribution in [2.24, 2.45) is 0 Å². The molecular formula is C19H21FO4. The second-order valence-electron chi connectivity index (χ2n) is 5.21. The average molecular weight is 332 g/mol. The smallest absolute Gasteiger partial charge is 0.306 e. The summed E-state index contributed by atoms with van der Waals surface area (Å²) in [6.07, 6.45) is 0.745. The minimum Gasteiger partial charge on any atom is -0.497 e. The molecule has 0 fully saturated rings. The molecule has 0 saturated heterocycles. The van der Waals surface area contributed by atoms with Crippen LogP contribution in [-0.4, -0.2) is 19.7 Å². The van der Waals surface area contributed by atoms with Gasteiger partial charge in [-0.3, -0.25) is 4.79 Å². The summed E-state index contributed by atoms with van der Waals surface area (Å²) in [7, 11) is 1.60. The third-order valence-corrected chi connectivity index (χ3v) is 3.47. The third-order valence-electron chi connectivity index (χ3n) is 3.47. The largest absolute Gasteiger partial charge is 0.497 e. The fourth-order valence-electron chi connectivity index (χ4n) is 2.18. The number of methoxy groups -OCH3 is 1. The lowest BCUT2D eigenvalue weighted by atomic mass is 10.1. The molecule has 0 atom stereocenters. The Morgan fingerprint density at radius 1 is 1.08 bits per heavy atom. The Kier molecular flexibility index (Phi) is 6.61. The molecule has 128 valence electrons. The monoisotopic (exact) mass is 332 g/mol. The Hall–Kier alpha value is -2.56. The van der Waals surface area contributed by atoms with E-state index in [2.05, 4.69) is 0 Å². The van der Waals surface area contributed by atoms with Gasteiger partial charge in [-0.2, -0.15) is 0 Å². The summed E-state index contributed by atoms with van der Waals surface area (Å²) in [5, 5.41) is 0. The lowest BCUT2D eigenvalue weighted by Crippen LogP contribution is -2.05. The highest BCUT2D eigenvalue weighted by molar-refractivity contribution is 5.69. The van der Waals surface area contributed by atoms with Crippen molar-refractivity contribution in [3.8, 4) is 11.5 Å². The number of carbonyl (C=O) groups excluding carboxylic acids is 1. The first-order valence-corrected chi connectivity index (χ1v) is 7.82. The van der Waals surface area contributed by atoms with Crippen molar-refractivity contribution >= 4 is 5.97 Å². The van der Waals surface area contributed by atoms with Crippen LogP contribution in [0.4, 0.5) is 4.39 Å². The van der Waals surface area contributed by atoms with E-state index < -0.39 is 5.82 Å². The van der Waals surface area contributed by atoms with E-state index in [-0.39, 0.29) is 24.7 Å².